The molecule has 0 bridgehead atoms. The van der Waals surface area contributed by atoms with E-state index >= 15 is 0 Å². The third kappa shape index (κ3) is 4.31. The largest absolute Gasteiger partial charge is 0.349 e. The second-order valence-electron chi connectivity index (χ2n) is 2.96. The molecule has 0 aliphatic carbocycles. The smallest absolute Gasteiger partial charge is 0.251 e. The van der Waals surface area contributed by atoms with Crippen LogP contribution in [0.1, 0.15) is 10.4 Å². The Labute approximate surface area is 118 Å². The van der Waals surface area contributed by atoms with Gasteiger partial charge in [0.15, 0.2) is 0 Å². The van der Waals surface area contributed by atoms with Crippen LogP contribution in [-0.4, -0.2) is 18.3 Å². The number of hydrogen-bond acceptors (Lipinski definition) is 1. The van der Waals surface area contributed by atoms with Crippen LogP contribution in [0.4, 0.5) is 0 Å². The number of carbonyl (C=O) groups is 1. The molecule has 5 heteroatoms. The highest BCUT2D eigenvalue weighted by atomic mass is 127. The van der Waals surface area contributed by atoms with Gasteiger partial charge in [-0.1, -0.05) is 23.8 Å². The standard InChI is InChI=1S/C11H10Cl2INO/c12-5-1-2-6-15-11(16)8-3-4-10(14)9(13)7-8/h1-4,7H,5-6H2,(H,15,16)/b2-1+. The Balaban J connectivity index is 2.59. The molecule has 0 fully saturated rings. The molecule has 0 radical (unpaired) electrons. The normalized spacial score (nSPS) is 10.7. The number of amides is 1. The minimum atomic E-state index is -0.141. The quantitative estimate of drug-likeness (QED) is 0.491. The highest BCUT2D eigenvalue weighted by Crippen LogP contribution is 2.19. The summed E-state index contributed by atoms with van der Waals surface area (Å²) in [6, 6.07) is 5.21. The Hall–Kier alpha value is -0.260. The molecule has 1 amide bonds. The zero-order valence-corrected chi connectivity index (χ0v) is 12.0. The van der Waals surface area contributed by atoms with Crippen LogP contribution in [0.15, 0.2) is 30.4 Å². The molecule has 16 heavy (non-hydrogen) atoms. The first-order valence-corrected chi connectivity index (χ1v) is 6.58. The van der Waals surface area contributed by atoms with Gasteiger partial charge in [0, 0.05) is 21.6 Å². The molecule has 0 saturated carbocycles. The van der Waals surface area contributed by atoms with Crippen LogP contribution in [0, 0.1) is 3.57 Å². The summed E-state index contributed by atoms with van der Waals surface area (Å²) in [4.78, 5) is 11.6. The average Bonchev–Trinajstić information content (AvgIpc) is 2.28. The summed E-state index contributed by atoms with van der Waals surface area (Å²) in [5.41, 5.74) is 0.560. The summed E-state index contributed by atoms with van der Waals surface area (Å²) >= 11 is 13.5. The highest BCUT2D eigenvalue weighted by molar-refractivity contribution is 14.1. The van der Waals surface area contributed by atoms with Crippen molar-refractivity contribution in [2.24, 2.45) is 0 Å². The van der Waals surface area contributed by atoms with Crippen LogP contribution in [0.2, 0.25) is 5.02 Å². The number of nitrogens with one attached hydrogen (secondary N) is 1. The maximum atomic E-state index is 11.6. The molecule has 2 nitrogen and oxygen atoms in total. The van der Waals surface area contributed by atoms with Crippen molar-refractivity contribution in [3.05, 3.63) is 44.5 Å². The van der Waals surface area contributed by atoms with Crippen LogP contribution in [0.25, 0.3) is 0 Å². The van der Waals surface area contributed by atoms with E-state index in [2.05, 4.69) is 27.9 Å². The van der Waals surface area contributed by atoms with E-state index in [0.717, 1.165) is 3.57 Å². The van der Waals surface area contributed by atoms with Crippen molar-refractivity contribution >= 4 is 51.7 Å². The van der Waals surface area contributed by atoms with E-state index in [9.17, 15) is 4.79 Å². The minimum Gasteiger partial charge on any atom is -0.349 e. The minimum absolute atomic E-state index is 0.141. The van der Waals surface area contributed by atoms with Gasteiger partial charge in [-0.3, -0.25) is 4.79 Å². The Kier molecular flexibility index (Phi) is 6.16. The summed E-state index contributed by atoms with van der Waals surface area (Å²) in [5, 5.41) is 3.32. The number of alkyl halides is 1. The second kappa shape index (κ2) is 7.14. The van der Waals surface area contributed by atoms with Gasteiger partial charge >= 0.3 is 0 Å². The van der Waals surface area contributed by atoms with Gasteiger partial charge in [-0.2, -0.15) is 0 Å². The molecule has 1 N–H and O–H groups in total. The Morgan fingerprint density at radius 1 is 1.44 bits per heavy atom. The van der Waals surface area contributed by atoms with Crippen molar-refractivity contribution in [1.82, 2.24) is 5.32 Å². The van der Waals surface area contributed by atoms with Crippen molar-refractivity contribution < 1.29 is 4.79 Å². The van der Waals surface area contributed by atoms with E-state index in [1.807, 2.05) is 6.07 Å². The first-order valence-electron chi connectivity index (χ1n) is 4.59. The van der Waals surface area contributed by atoms with Gasteiger partial charge in [-0.05, 0) is 40.8 Å². The lowest BCUT2D eigenvalue weighted by atomic mass is 10.2. The lowest BCUT2D eigenvalue weighted by Gasteiger charge is -2.03. The second-order valence-corrected chi connectivity index (χ2v) is 4.84. The van der Waals surface area contributed by atoms with Gasteiger partial charge in [0.1, 0.15) is 0 Å². The zero-order chi connectivity index (χ0) is 12.0. The third-order valence-corrected chi connectivity index (χ3v) is 3.57. The molecule has 86 valence electrons. The number of rotatable bonds is 4. The summed E-state index contributed by atoms with van der Waals surface area (Å²) in [5.74, 6) is 0.308. The van der Waals surface area contributed by atoms with Gasteiger partial charge in [0.2, 0.25) is 0 Å². The molecule has 1 aromatic rings. The van der Waals surface area contributed by atoms with Gasteiger partial charge in [-0.25, -0.2) is 0 Å². The molecular formula is C11H10Cl2INO. The fraction of sp³-hybridized carbons (Fsp3) is 0.182. The molecule has 0 heterocycles. The van der Waals surface area contributed by atoms with Crippen LogP contribution < -0.4 is 5.32 Å². The van der Waals surface area contributed by atoms with Crippen molar-refractivity contribution in [2.45, 2.75) is 0 Å². The maximum Gasteiger partial charge on any atom is 0.251 e. The number of hydrogen-bond donors (Lipinski definition) is 1. The van der Waals surface area contributed by atoms with Gasteiger partial charge < -0.3 is 5.32 Å². The maximum absolute atomic E-state index is 11.6. The Morgan fingerprint density at radius 2 is 2.19 bits per heavy atom. The lowest BCUT2D eigenvalue weighted by Crippen LogP contribution is -2.23. The first-order chi connectivity index (χ1) is 7.65. The molecule has 1 aromatic carbocycles. The summed E-state index contributed by atoms with van der Waals surface area (Å²) < 4.78 is 0.929. The summed E-state index contributed by atoms with van der Waals surface area (Å²) in [6.45, 7) is 0.467. The predicted molar refractivity (Wildman–Crippen MR) is 76.4 cm³/mol. The van der Waals surface area contributed by atoms with E-state index in [0.29, 0.717) is 23.0 Å². The number of halogens is 3. The SMILES string of the molecule is O=C(NC/C=C/CCl)c1ccc(I)c(Cl)c1. The van der Waals surface area contributed by atoms with Crippen LogP contribution in [0.5, 0.6) is 0 Å². The average molecular weight is 370 g/mol. The van der Waals surface area contributed by atoms with E-state index in [4.69, 9.17) is 23.2 Å². The van der Waals surface area contributed by atoms with E-state index in [1.165, 1.54) is 0 Å². The molecule has 0 atom stereocenters. The topological polar surface area (TPSA) is 29.1 Å². The lowest BCUT2D eigenvalue weighted by molar-refractivity contribution is 0.0958. The van der Waals surface area contributed by atoms with Crippen LogP contribution in [-0.2, 0) is 0 Å². The van der Waals surface area contributed by atoms with Crippen molar-refractivity contribution in [1.29, 1.82) is 0 Å². The van der Waals surface area contributed by atoms with Crippen LogP contribution in [0.3, 0.4) is 0 Å². The van der Waals surface area contributed by atoms with Crippen LogP contribution >= 0.6 is 45.8 Å². The third-order valence-electron chi connectivity index (χ3n) is 1.82. The molecule has 0 saturated heterocycles. The molecule has 0 aliphatic rings. The molecule has 0 aromatic heterocycles. The summed E-state index contributed by atoms with van der Waals surface area (Å²) in [6.07, 6.45) is 3.59. The molecule has 1 rings (SSSR count). The Morgan fingerprint density at radius 3 is 2.81 bits per heavy atom. The van der Waals surface area contributed by atoms with E-state index in [1.54, 1.807) is 24.3 Å². The summed E-state index contributed by atoms with van der Waals surface area (Å²) in [7, 11) is 0. The van der Waals surface area contributed by atoms with E-state index in [-0.39, 0.29) is 5.91 Å². The first kappa shape index (κ1) is 13.8. The number of benzene rings is 1. The van der Waals surface area contributed by atoms with Gasteiger partial charge in [0.25, 0.3) is 5.91 Å². The molecule has 0 spiro atoms. The van der Waals surface area contributed by atoms with Gasteiger partial charge in [-0.15, -0.1) is 11.6 Å². The van der Waals surface area contributed by atoms with Gasteiger partial charge in [0.05, 0.1) is 5.02 Å². The Bertz CT molecular complexity index is 407. The zero-order valence-electron chi connectivity index (χ0n) is 8.34. The monoisotopic (exact) mass is 369 g/mol. The predicted octanol–water partition coefficient (Wildman–Crippen LogP) is 3.47. The fourth-order valence-electron chi connectivity index (χ4n) is 1.04. The highest BCUT2D eigenvalue weighted by Gasteiger charge is 2.06. The number of carbonyl (C=O) groups excluding carboxylic acids is 1. The number of allylic oxidation sites excluding steroid dienone is 1. The van der Waals surface area contributed by atoms with Crippen molar-refractivity contribution in [2.75, 3.05) is 12.4 Å². The molecule has 0 aliphatic heterocycles. The molecule has 0 unspecified atom stereocenters. The van der Waals surface area contributed by atoms with Crippen molar-refractivity contribution in [3.63, 3.8) is 0 Å². The van der Waals surface area contributed by atoms with E-state index < -0.39 is 0 Å². The molecular weight excluding hydrogens is 360 g/mol. The van der Waals surface area contributed by atoms with Crippen molar-refractivity contribution in [3.8, 4) is 0 Å². The fourth-order valence-corrected chi connectivity index (χ4v) is 1.68.